The first kappa shape index (κ1) is 10.3. The van der Waals surface area contributed by atoms with Crippen molar-refractivity contribution in [2.75, 3.05) is 24.3 Å². The standard InChI is InChI=1S/C13H20N2/c1-10(11-7-8-11)14-12-5-4-6-13(9-12)15(2)3/h4-6,9-11,14H,7-8H2,1-3H3. The molecule has 0 heterocycles. The number of nitrogens with one attached hydrogen (secondary N) is 1. The molecule has 0 saturated heterocycles. The number of nitrogens with zero attached hydrogens (tertiary/aromatic N) is 1. The van der Waals surface area contributed by atoms with Gasteiger partial charge in [-0.2, -0.15) is 0 Å². The maximum Gasteiger partial charge on any atom is 0.0381 e. The Balaban J connectivity index is 2.03. The molecule has 82 valence electrons. The Hall–Kier alpha value is -1.18. The maximum absolute atomic E-state index is 3.57. The van der Waals surface area contributed by atoms with E-state index < -0.39 is 0 Å². The average molecular weight is 204 g/mol. The van der Waals surface area contributed by atoms with E-state index in [0.29, 0.717) is 6.04 Å². The molecule has 0 bridgehead atoms. The third kappa shape index (κ3) is 2.65. The van der Waals surface area contributed by atoms with E-state index >= 15 is 0 Å². The fourth-order valence-electron chi connectivity index (χ4n) is 1.85. The summed E-state index contributed by atoms with van der Waals surface area (Å²) in [4.78, 5) is 2.13. The third-order valence-electron chi connectivity index (χ3n) is 3.09. The van der Waals surface area contributed by atoms with Crippen LogP contribution < -0.4 is 10.2 Å². The summed E-state index contributed by atoms with van der Waals surface area (Å²) in [5.74, 6) is 0.896. The first-order valence-corrected chi connectivity index (χ1v) is 5.71. The molecule has 2 nitrogen and oxygen atoms in total. The van der Waals surface area contributed by atoms with Crippen LogP contribution in [0.3, 0.4) is 0 Å². The third-order valence-corrected chi connectivity index (χ3v) is 3.09. The summed E-state index contributed by atoms with van der Waals surface area (Å²) in [6.07, 6.45) is 2.78. The van der Waals surface area contributed by atoms with Crippen LogP contribution in [0.25, 0.3) is 0 Å². The topological polar surface area (TPSA) is 15.3 Å². The summed E-state index contributed by atoms with van der Waals surface area (Å²) in [5, 5.41) is 3.57. The van der Waals surface area contributed by atoms with Gasteiger partial charge in [0.05, 0.1) is 0 Å². The quantitative estimate of drug-likeness (QED) is 0.811. The van der Waals surface area contributed by atoms with E-state index in [1.807, 2.05) is 0 Å². The lowest BCUT2D eigenvalue weighted by molar-refractivity contribution is 0.694. The molecule has 0 aromatic heterocycles. The van der Waals surface area contributed by atoms with Crippen LogP contribution in [0, 0.1) is 5.92 Å². The minimum Gasteiger partial charge on any atom is -0.382 e. The molecular weight excluding hydrogens is 184 g/mol. The Kier molecular flexibility index (Phi) is 2.85. The van der Waals surface area contributed by atoms with Crippen LogP contribution in [0.15, 0.2) is 24.3 Å². The summed E-state index contributed by atoms with van der Waals surface area (Å²) in [6.45, 7) is 2.28. The Morgan fingerprint density at radius 2 is 2.07 bits per heavy atom. The molecule has 1 unspecified atom stereocenters. The van der Waals surface area contributed by atoms with E-state index in [1.54, 1.807) is 0 Å². The molecule has 1 saturated carbocycles. The highest BCUT2D eigenvalue weighted by Crippen LogP contribution is 2.34. The fraction of sp³-hybridized carbons (Fsp3) is 0.538. The van der Waals surface area contributed by atoms with E-state index in [0.717, 1.165) is 5.92 Å². The zero-order chi connectivity index (χ0) is 10.8. The van der Waals surface area contributed by atoms with Gasteiger partial charge in [0.2, 0.25) is 0 Å². The van der Waals surface area contributed by atoms with Crippen LogP contribution in [0.5, 0.6) is 0 Å². The Morgan fingerprint density at radius 3 is 2.67 bits per heavy atom. The maximum atomic E-state index is 3.57. The Morgan fingerprint density at radius 1 is 1.33 bits per heavy atom. The molecule has 0 radical (unpaired) electrons. The van der Waals surface area contributed by atoms with Crippen molar-refractivity contribution in [3.63, 3.8) is 0 Å². The van der Waals surface area contributed by atoms with Crippen LogP contribution in [0.4, 0.5) is 11.4 Å². The van der Waals surface area contributed by atoms with E-state index in [4.69, 9.17) is 0 Å². The van der Waals surface area contributed by atoms with Gasteiger partial charge in [-0.15, -0.1) is 0 Å². The van der Waals surface area contributed by atoms with Crippen LogP contribution in [-0.2, 0) is 0 Å². The molecule has 1 aromatic rings. The van der Waals surface area contributed by atoms with Gasteiger partial charge in [-0.3, -0.25) is 0 Å². The van der Waals surface area contributed by atoms with Crippen molar-refractivity contribution in [2.45, 2.75) is 25.8 Å². The van der Waals surface area contributed by atoms with Gasteiger partial charge >= 0.3 is 0 Å². The fourth-order valence-corrected chi connectivity index (χ4v) is 1.85. The summed E-state index contributed by atoms with van der Waals surface area (Å²) in [6, 6.07) is 9.21. The number of hydrogen-bond acceptors (Lipinski definition) is 2. The molecule has 1 aliphatic carbocycles. The van der Waals surface area contributed by atoms with Crippen LogP contribution >= 0.6 is 0 Å². The highest BCUT2D eigenvalue weighted by atomic mass is 15.1. The van der Waals surface area contributed by atoms with Crippen molar-refractivity contribution in [1.29, 1.82) is 0 Å². The number of anilines is 2. The van der Waals surface area contributed by atoms with Gasteiger partial charge < -0.3 is 10.2 Å². The second-order valence-corrected chi connectivity index (χ2v) is 4.72. The van der Waals surface area contributed by atoms with E-state index in [2.05, 4.69) is 55.5 Å². The predicted octanol–water partition coefficient (Wildman–Crippen LogP) is 2.96. The van der Waals surface area contributed by atoms with Crippen LogP contribution in [0.1, 0.15) is 19.8 Å². The summed E-state index contributed by atoms with van der Waals surface area (Å²) in [7, 11) is 4.15. The Bertz CT molecular complexity index is 329. The molecule has 15 heavy (non-hydrogen) atoms. The minimum absolute atomic E-state index is 0.613. The monoisotopic (exact) mass is 204 g/mol. The van der Waals surface area contributed by atoms with E-state index in [9.17, 15) is 0 Å². The van der Waals surface area contributed by atoms with E-state index in [1.165, 1.54) is 24.2 Å². The SMILES string of the molecule is CC(Nc1cccc(N(C)C)c1)C1CC1. The highest BCUT2D eigenvalue weighted by molar-refractivity contribution is 5.57. The van der Waals surface area contributed by atoms with Crippen LogP contribution in [0.2, 0.25) is 0 Å². The lowest BCUT2D eigenvalue weighted by Crippen LogP contribution is -2.17. The van der Waals surface area contributed by atoms with Crippen molar-refractivity contribution in [3.05, 3.63) is 24.3 Å². The van der Waals surface area contributed by atoms with Crippen molar-refractivity contribution in [2.24, 2.45) is 5.92 Å². The largest absolute Gasteiger partial charge is 0.382 e. The minimum atomic E-state index is 0.613. The number of hydrogen-bond donors (Lipinski definition) is 1. The summed E-state index contributed by atoms with van der Waals surface area (Å²) < 4.78 is 0. The molecule has 0 spiro atoms. The zero-order valence-electron chi connectivity index (χ0n) is 9.83. The molecule has 0 amide bonds. The highest BCUT2D eigenvalue weighted by Gasteiger charge is 2.27. The van der Waals surface area contributed by atoms with Crippen molar-refractivity contribution < 1.29 is 0 Å². The molecule has 1 fully saturated rings. The lowest BCUT2D eigenvalue weighted by atomic mass is 10.2. The van der Waals surface area contributed by atoms with Crippen molar-refractivity contribution in [3.8, 4) is 0 Å². The second-order valence-electron chi connectivity index (χ2n) is 4.72. The van der Waals surface area contributed by atoms with Gasteiger partial charge in [-0.05, 0) is 43.9 Å². The molecule has 1 N–H and O–H groups in total. The smallest absolute Gasteiger partial charge is 0.0381 e. The van der Waals surface area contributed by atoms with Crippen LogP contribution in [-0.4, -0.2) is 20.1 Å². The molecule has 1 aliphatic rings. The predicted molar refractivity (Wildman–Crippen MR) is 66.6 cm³/mol. The molecule has 2 heteroatoms. The second kappa shape index (κ2) is 4.13. The van der Waals surface area contributed by atoms with E-state index in [-0.39, 0.29) is 0 Å². The first-order valence-electron chi connectivity index (χ1n) is 5.71. The zero-order valence-corrected chi connectivity index (χ0v) is 9.83. The summed E-state index contributed by atoms with van der Waals surface area (Å²) >= 11 is 0. The summed E-state index contributed by atoms with van der Waals surface area (Å²) in [5.41, 5.74) is 2.49. The van der Waals surface area contributed by atoms with Gasteiger partial charge in [0.1, 0.15) is 0 Å². The number of benzene rings is 1. The van der Waals surface area contributed by atoms with Gasteiger partial charge in [-0.25, -0.2) is 0 Å². The van der Waals surface area contributed by atoms with Crippen molar-refractivity contribution >= 4 is 11.4 Å². The molecule has 0 aliphatic heterocycles. The Labute approximate surface area is 92.3 Å². The van der Waals surface area contributed by atoms with Gasteiger partial charge in [0.15, 0.2) is 0 Å². The van der Waals surface area contributed by atoms with Gasteiger partial charge in [0.25, 0.3) is 0 Å². The number of rotatable bonds is 4. The normalized spacial score (nSPS) is 17.3. The molecule has 2 rings (SSSR count). The average Bonchev–Trinajstić information content (AvgIpc) is 3.01. The molecule has 1 atom stereocenters. The van der Waals surface area contributed by atoms with Gasteiger partial charge in [-0.1, -0.05) is 6.07 Å². The lowest BCUT2D eigenvalue weighted by Gasteiger charge is -2.17. The molecule has 1 aromatic carbocycles. The van der Waals surface area contributed by atoms with Gasteiger partial charge in [0, 0.05) is 31.5 Å². The van der Waals surface area contributed by atoms with Crippen molar-refractivity contribution in [1.82, 2.24) is 0 Å². The first-order chi connectivity index (χ1) is 7.16. The molecular formula is C13H20N2.